The molecule has 0 amide bonds. The average molecular weight is 142 g/mol. The third-order valence-electron chi connectivity index (χ3n) is 1.38. The van der Waals surface area contributed by atoms with Gasteiger partial charge in [0.15, 0.2) is 0 Å². The van der Waals surface area contributed by atoms with Crippen LogP contribution in [-0.4, -0.2) is 18.5 Å². The first-order valence-corrected chi connectivity index (χ1v) is 3.04. The van der Waals surface area contributed by atoms with Crippen molar-refractivity contribution in [2.75, 3.05) is 6.54 Å². The lowest BCUT2D eigenvalue weighted by atomic mass is 9.93. The maximum atomic E-state index is 10.9. The van der Waals surface area contributed by atoms with E-state index in [1.807, 2.05) is 0 Å². The Bertz CT molecular complexity index is 196. The summed E-state index contributed by atoms with van der Waals surface area (Å²) in [6, 6.07) is -0.0238. The van der Waals surface area contributed by atoms with Gasteiger partial charge in [0.05, 0.1) is 12.0 Å². The van der Waals surface area contributed by atoms with Gasteiger partial charge in [0, 0.05) is 0 Å². The molecule has 1 aliphatic rings. The van der Waals surface area contributed by atoms with Crippen LogP contribution in [0.15, 0.2) is 4.99 Å². The highest BCUT2D eigenvalue weighted by Crippen LogP contribution is 2.20. The Hall–Kier alpha value is -1.06. The van der Waals surface area contributed by atoms with Crippen LogP contribution in [0.4, 0.5) is 0 Å². The van der Waals surface area contributed by atoms with Crippen molar-refractivity contribution in [3.05, 3.63) is 0 Å². The second-order valence-electron chi connectivity index (χ2n) is 2.93. The molecule has 1 aliphatic heterocycles. The van der Waals surface area contributed by atoms with Gasteiger partial charge < -0.3 is 10.5 Å². The summed E-state index contributed by atoms with van der Waals surface area (Å²) in [4.78, 5) is 14.7. The van der Waals surface area contributed by atoms with Gasteiger partial charge in [-0.05, 0) is 13.8 Å². The van der Waals surface area contributed by atoms with Crippen LogP contribution in [0.2, 0.25) is 0 Å². The van der Waals surface area contributed by atoms with Crippen molar-refractivity contribution in [1.29, 1.82) is 0 Å². The van der Waals surface area contributed by atoms with E-state index < -0.39 is 5.41 Å². The van der Waals surface area contributed by atoms with Gasteiger partial charge in [-0.15, -0.1) is 0 Å². The number of esters is 1. The Labute approximate surface area is 59.1 Å². The van der Waals surface area contributed by atoms with E-state index in [0.29, 0.717) is 6.54 Å². The molecule has 4 nitrogen and oxygen atoms in total. The predicted octanol–water partition coefficient (Wildman–Crippen LogP) is -0.116. The third kappa shape index (κ3) is 1.10. The fourth-order valence-electron chi connectivity index (χ4n) is 0.606. The molecule has 10 heavy (non-hydrogen) atoms. The summed E-state index contributed by atoms with van der Waals surface area (Å²) < 4.78 is 4.59. The number of carbonyl (C=O) groups is 1. The quantitative estimate of drug-likeness (QED) is 0.480. The second kappa shape index (κ2) is 1.97. The lowest BCUT2D eigenvalue weighted by Gasteiger charge is -2.23. The SMILES string of the molecule is CC1(C)CN=C(N)OC1=O. The zero-order valence-corrected chi connectivity index (χ0v) is 6.05. The van der Waals surface area contributed by atoms with Gasteiger partial charge >= 0.3 is 5.97 Å². The normalized spacial score (nSPS) is 23.4. The zero-order chi connectivity index (χ0) is 7.78. The molecule has 0 saturated heterocycles. The van der Waals surface area contributed by atoms with Crippen molar-refractivity contribution < 1.29 is 9.53 Å². The van der Waals surface area contributed by atoms with Crippen LogP contribution in [0.5, 0.6) is 0 Å². The maximum absolute atomic E-state index is 10.9. The summed E-state index contributed by atoms with van der Waals surface area (Å²) in [6.07, 6.45) is 0. The number of hydrogen-bond acceptors (Lipinski definition) is 4. The van der Waals surface area contributed by atoms with Gasteiger partial charge in [-0.2, -0.15) is 0 Å². The first-order chi connectivity index (χ1) is 4.52. The smallest absolute Gasteiger partial charge is 0.321 e. The van der Waals surface area contributed by atoms with Crippen molar-refractivity contribution >= 4 is 12.0 Å². The number of cyclic esters (lactones) is 1. The molecule has 0 aromatic heterocycles. The van der Waals surface area contributed by atoms with Crippen molar-refractivity contribution in [3.8, 4) is 0 Å². The summed E-state index contributed by atoms with van der Waals surface area (Å²) in [5.74, 6) is -0.306. The largest absolute Gasteiger partial charge is 0.392 e. The molecule has 1 rings (SSSR count). The monoisotopic (exact) mass is 142 g/mol. The van der Waals surface area contributed by atoms with E-state index in [9.17, 15) is 4.79 Å². The molecule has 2 N–H and O–H groups in total. The van der Waals surface area contributed by atoms with E-state index in [1.54, 1.807) is 13.8 Å². The topological polar surface area (TPSA) is 64.7 Å². The van der Waals surface area contributed by atoms with E-state index in [-0.39, 0.29) is 12.0 Å². The Kier molecular flexibility index (Phi) is 1.39. The molecule has 0 radical (unpaired) electrons. The molecule has 0 spiro atoms. The second-order valence-corrected chi connectivity index (χ2v) is 2.93. The van der Waals surface area contributed by atoms with Crippen molar-refractivity contribution in [3.63, 3.8) is 0 Å². The van der Waals surface area contributed by atoms with E-state index in [2.05, 4.69) is 9.73 Å². The zero-order valence-electron chi connectivity index (χ0n) is 6.05. The van der Waals surface area contributed by atoms with Crippen LogP contribution in [0.1, 0.15) is 13.8 Å². The number of carbonyl (C=O) groups excluding carboxylic acids is 1. The van der Waals surface area contributed by atoms with E-state index in [4.69, 9.17) is 5.73 Å². The van der Waals surface area contributed by atoms with Gasteiger partial charge in [0.2, 0.25) is 0 Å². The van der Waals surface area contributed by atoms with Crippen LogP contribution in [0.25, 0.3) is 0 Å². The fraction of sp³-hybridized carbons (Fsp3) is 0.667. The number of aliphatic imine (C=N–C) groups is 1. The van der Waals surface area contributed by atoms with Crippen LogP contribution < -0.4 is 5.73 Å². The minimum absolute atomic E-state index is 0.0238. The highest BCUT2D eigenvalue weighted by Gasteiger charge is 2.33. The number of ether oxygens (including phenoxy) is 1. The summed E-state index contributed by atoms with van der Waals surface area (Å²) in [5, 5.41) is 0. The Balaban J connectivity index is 2.80. The average Bonchev–Trinajstić information content (AvgIpc) is 1.81. The molecular formula is C6H10N2O2. The first kappa shape index (κ1) is 7.05. The highest BCUT2D eigenvalue weighted by atomic mass is 16.6. The van der Waals surface area contributed by atoms with E-state index in [0.717, 1.165) is 0 Å². The Morgan fingerprint density at radius 1 is 1.70 bits per heavy atom. The molecule has 0 aliphatic carbocycles. The lowest BCUT2D eigenvalue weighted by molar-refractivity contribution is -0.146. The lowest BCUT2D eigenvalue weighted by Crippen LogP contribution is -2.38. The van der Waals surface area contributed by atoms with Gasteiger partial charge in [0.25, 0.3) is 6.02 Å². The fourth-order valence-corrected chi connectivity index (χ4v) is 0.606. The van der Waals surface area contributed by atoms with E-state index in [1.165, 1.54) is 0 Å². The molecule has 0 aromatic rings. The molecule has 0 aromatic carbocycles. The van der Waals surface area contributed by atoms with Crippen molar-refractivity contribution in [2.45, 2.75) is 13.8 Å². The van der Waals surface area contributed by atoms with Crippen LogP contribution in [0.3, 0.4) is 0 Å². The number of rotatable bonds is 0. The van der Waals surface area contributed by atoms with Crippen LogP contribution >= 0.6 is 0 Å². The number of nitrogens with zero attached hydrogens (tertiary/aromatic N) is 1. The molecule has 0 atom stereocenters. The molecule has 4 heteroatoms. The van der Waals surface area contributed by atoms with E-state index >= 15 is 0 Å². The molecule has 0 fully saturated rings. The number of amidine groups is 1. The number of hydrogen-bond donors (Lipinski definition) is 1. The summed E-state index contributed by atoms with van der Waals surface area (Å²) in [6.45, 7) is 3.95. The van der Waals surface area contributed by atoms with Gasteiger partial charge in [-0.1, -0.05) is 0 Å². The molecular weight excluding hydrogens is 132 g/mol. The predicted molar refractivity (Wildman–Crippen MR) is 36.4 cm³/mol. The number of nitrogens with two attached hydrogens (primary N) is 1. The minimum Gasteiger partial charge on any atom is -0.392 e. The molecule has 56 valence electrons. The standard InChI is InChI=1S/C6H10N2O2/c1-6(2)3-8-5(7)10-4(6)9/h3H2,1-2H3,(H2,7,8). The molecule has 0 bridgehead atoms. The minimum atomic E-state index is -0.511. The highest BCUT2D eigenvalue weighted by molar-refractivity contribution is 5.91. The summed E-state index contributed by atoms with van der Waals surface area (Å²) in [7, 11) is 0. The van der Waals surface area contributed by atoms with Crippen molar-refractivity contribution in [2.24, 2.45) is 16.1 Å². The van der Waals surface area contributed by atoms with Crippen molar-refractivity contribution in [1.82, 2.24) is 0 Å². The summed E-state index contributed by atoms with van der Waals surface area (Å²) >= 11 is 0. The van der Waals surface area contributed by atoms with Gasteiger partial charge in [0.1, 0.15) is 0 Å². The van der Waals surface area contributed by atoms with Gasteiger partial charge in [-0.25, -0.2) is 4.99 Å². The van der Waals surface area contributed by atoms with Crippen LogP contribution in [-0.2, 0) is 9.53 Å². The van der Waals surface area contributed by atoms with Crippen LogP contribution in [0, 0.1) is 5.41 Å². The maximum Gasteiger partial charge on any atom is 0.321 e. The molecule has 1 heterocycles. The molecule has 0 unspecified atom stereocenters. The first-order valence-electron chi connectivity index (χ1n) is 3.04. The summed E-state index contributed by atoms with van der Waals surface area (Å²) in [5.41, 5.74) is 4.64. The molecule has 0 saturated carbocycles. The third-order valence-corrected chi connectivity index (χ3v) is 1.38. The van der Waals surface area contributed by atoms with Gasteiger partial charge in [-0.3, -0.25) is 4.79 Å². The Morgan fingerprint density at radius 3 is 2.70 bits per heavy atom. The Morgan fingerprint density at radius 2 is 2.30 bits per heavy atom.